The Morgan fingerprint density at radius 2 is 2.29 bits per heavy atom. The van der Waals surface area contributed by atoms with Crippen LogP contribution in [0.5, 0.6) is 0 Å². The molecule has 7 heteroatoms. The van der Waals surface area contributed by atoms with E-state index in [1.54, 1.807) is 10.9 Å². The SMILES string of the molecule is Cc1ncccc1C(NN)c1c(Br)nnn1C. The van der Waals surface area contributed by atoms with Gasteiger partial charge in [0.05, 0.1) is 11.7 Å². The van der Waals surface area contributed by atoms with Gasteiger partial charge in [-0.2, -0.15) is 0 Å². The number of hydrazine groups is 1. The van der Waals surface area contributed by atoms with E-state index in [4.69, 9.17) is 5.84 Å². The Bertz CT molecular complexity index is 504. The minimum atomic E-state index is -0.196. The molecule has 0 aliphatic carbocycles. The summed E-state index contributed by atoms with van der Waals surface area (Å²) < 4.78 is 2.35. The van der Waals surface area contributed by atoms with Crippen LogP contribution in [0.1, 0.15) is 23.0 Å². The van der Waals surface area contributed by atoms with Crippen molar-refractivity contribution in [2.45, 2.75) is 13.0 Å². The first-order valence-electron chi connectivity index (χ1n) is 5.08. The average molecular weight is 297 g/mol. The lowest BCUT2D eigenvalue weighted by Gasteiger charge is -2.17. The molecule has 1 unspecified atom stereocenters. The summed E-state index contributed by atoms with van der Waals surface area (Å²) in [6, 6.07) is 3.66. The van der Waals surface area contributed by atoms with E-state index in [0.29, 0.717) is 4.60 Å². The van der Waals surface area contributed by atoms with Crippen LogP contribution in [-0.2, 0) is 7.05 Å². The standard InChI is InChI=1S/C10H13BrN6/c1-6-7(4-3-5-13-6)8(14-12)9-10(11)15-16-17(9)2/h3-5,8,14H,12H2,1-2H3. The number of rotatable bonds is 3. The van der Waals surface area contributed by atoms with Crippen molar-refractivity contribution in [3.05, 3.63) is 39.9 Å². The number of pyridine rings is 1. The van der Waals surface area contributed by atoms with Crippen molar-refractivity contribution in [3.8, 4) is 0 Å². The molecule has 17 heavy (non-hydrogen) atoms. The highest BCUT2D eigenvalue weighted by Crippen LogP contribution is 2.27. The highest BCUT2D eigenvalue weighted by atomic mass is 79.9. The zero-order valence-corrected chi connectivity index (χ0v) is 11.1. The maximum Gasteiger partial charge on any atom is 0.153 e. The second-order valence-electron chi connectivity index (χ2n) is 3.67. The maximum absolute atomic E-state index is 5.64. The van der Waals surface area contributed by atoms with E-state index in [-0.39, 0.29) is 6.04 Å². The van der Waals surface area contributed by atoms with Crippen LogP contribution >= 0.6 is 15.9 Å². The quantitative estimate of drug-likeness (QED) is 0.648. The number of nitrogens with zero attached hydrogens (tertiary/aromatic N) is 4. The van der Waals surface area contributed by atoms with Gasteiger partial charge < -0.3 is 0 Å². The normalized spacial score (nSPS) is 12.7. The molecule has 0 saturated heterocycles. The van der Waals surface area contributed by atoms with Crippen molar-refractivity contribution in [2.75, 3.05) is 0 Å². The summed E-state index contributed by atoms with van der Waals surface area (Å²) in [5.74, 6) is 5.64. The molecule has 6 nitrogen and oxygen atoms in total. The van der Waals surface area contributed by atoms with Gasteiger partial charge in [-0.15, -0.1) is 5.10 Å². The van der Waals surface area contributed by atoms with E-state index in [9.17, 15) is 0 Å². The Morgan fingerprint density at radius 3 is 2.82 bits per heavy atom. The Hall–Kier alpha value is -1.31. The molecule has 0 bridgehead atoms. The first-order chi connectivity index (χ1) is 8.15. The molecular weight excluding hydrogens is 284 g/mol. The first kappa shape index (κ1) is 12.2. The second-order valence-corrected chi connectivity index (χ2v) is 4.42. The predicted octanol–water partition coefficient (Wildman–Crippen LogP) is 0.834. The third-order valence-corrected chi connectivity index (χ3v) is 3.19. The van der Waals surface area contributed by atoms with Crippen molar-refractivity contribution in [1.82, 2.24) is 25.4 Å². The van der Waals surface area contributed by atoms with Gasteiger partial charge in [-0.3, -0.25) is 10.8 Å². The minimum absolute atomic E-state index is 0.196. The number of hydrogen-bond acceptors (Lipinski definition) is 5. The van der Waals surface area contributed by atoms with Gasteiger partial charge in [-0.25, -0.2) is 10.1 Å². The summed E-state index contributed by atoms with van der Waals surface area (Å²) in [5.41, 5.74) is 5.56. The van der Waals surface area contributed by atoms with Gasteiger partial charge >= 0.3 is 0 Å². The molecule has 2 rings (SSSR count). The molecular formula is C10H13BrN6. The van der Waals surface area contributed by atoms with Gasteiger partial charge in [0.15, 0.2) is 4.60 Å². The third kappa shape index (κ3) is 2.21. The number of aromatic nitrogens is 4. The summed E-state index contributed by atoms with van der Waals surface area (Å²) in [6.07, 6.45) is 1.75. The average Bonchev–Trinajstić information content (AvgIpc) is 2.64. The van der Waals surface area contributed by atoms with Crippen molar-refractivity contribution in [1.29, 1.82) is 0 Å². The lowest BCUT2D eigenvalue weighted by molar-refractivity contribution is 0.565. The molecule has 0 spiro atoms. The molecule has 1 atom stereocenters. The fourth-order valence-corrected chi connectivity index (χ4v) is 2.32. The maximum atomic E-state index is 5.64. The molecule has 0 radical (unpaired) electrons. The first-order valence-corrected chi connectivity index (χ1v) is 5.87. The number of nitrogens with two attached hydrogens (primary N) is 1. The van der Waals surface area contributed by atoms with Crippen molar-refractivity contribution in [3.63, 3.8) is 0 Å². The monoisotopic (exact) mass is 296 g/mol. The van der Waals surface area contributed by atoms with E-state index in [1.165, 1.54) is 0 Å². The highest BCUT2D eigenvalue weighted by Gasteiger charge is 2.22. The van der Waals surface area contributed by atoms with E-state index in [2.05, 4.69) is 36.7 Å². The zero-order valence-electron chi connectivity index (χ0n) is 9.55. The van der Waals surface area contributed by atoms with Crippen molar-refractivity contribution >= 4 is 15.9 Å². The third-order valence-electron chi connectivity index (χ3n) is 2.63. The summed E-state index contributed by atoms with van der Waals surface area (Å²) >= 11 is 3.37. The molecule has 3 N–H and O–H groups in total. The van der Waals surface area contributed by atoms with Gasteiger partial charge in [-0.1, -0.05) is 11.3 Å². The topological polar surface area (TPSA) is 81.7 Å². The van der Waals surface area contributed by atoms with Crippen LogP contribution in [0, 0.1) is 6.92 Å². The number of halogens is 1. The summed E-state index contributed by atoms with van der Waals surface area (Å²) in [5, 5.41) is 7.90. The highest BCUT2D eigenvalue weighted by molar-refractivity contribution is 9.10. The van der Waals surface area contributed by atoms with Crippen LogP contribution in [0.2, 0.25) is 0 Å². The van der Waals surface area contributed by atoms with Crippen LogP contribution in [0.25, 0.3) is 0 Å². The summed E-state index contributed by atoms with van der Waals surface area (Å²) in [4.78, 5) is 4.26. The Labute approximate surface area is 107 Å². The van der Waals surface area contributed by atoms with E-state index in [0.717, 1.165) is 17.0 Å². The van der Waals surface area contributed by atoms with Crippen LogP contribution in [-0.4, -0.2) is 20.0 Å². The number of nitrogens with one attached hydrogen (secondary N) is 1. The molecule has 2 aromatic heterocycles. The van der Waals surface area contributed by atoms with E-state index in [1.807, 2.05) is 26.1 Å². The molecule has 0 aromatic carbocycles. The van der Waals surface area contributed by atoms with Crippen LogP contribution in [0.4, 0.5) is 0 Å². The predicted molar refractivity (Wildman–Crippen MR) is 66.8 cm³/mol. The largest absolute Gasteiger partial charge is 0.271 e. The fourth-order valence-electron chi connectivity index (χ4n) is 1.76. The fraction of sp³-hybridized carbons (Fsp3) is 0.300. The van der Waals surface area contributed by atoms with Crippen molar-refractivity contribution < 1.29 is 0 Å². The van der Waals surface area contributed by atoms with Gasteiger partial charge in [0.25, 0.3) is 0 Å². The molecule has 2 heterocycles. The number of hydrogen-bond donors (Lipinski definition) is 2. The minimum Gasteiger partial charge on any atom is -0.271 e. The van der Waals surface area contributed by atoms with Crippen LogP contribution in [0.3, 0.4) is 0 Å². The van der Waals surface area contributed by atoms with E-state index < -0.39 is 0 Å². The Kier molecular flexibility index (Phi) is 3.51. The molecule has 2 aromatic rings. The Morgan fingerprint density at radius 1 is 1.53 bits per heavy atom. The molecule has 0 fully saturated rings. The van der Waals surface area contributed by atoms with Gasteiger partial charge in [0.1, 0.15) is 0 Å². The molecule has 0 saturated carbocycles. The van der Waals surface area contributed by atoms with E-state index >= 15 is 0 Å². The molecule has 90 valence electrons. The zero-order chi connectivity index (χ0) is 12.4. The second kappa shape index (κ2) is 4.91. The van der Waals surface area contributed by atoms with Gasteiger partial charge in [0.2, 0.25) is 0 Å². The van der Waals surface area contributed by atoms with Crippen LogP contribution in [0.15, 0.2) is 22.9 Å². The van der Waals surface area contributed by atoms with Crippen molar-refractivity contribution in [2.24, 2.45) is 12.9 Å². The van der Waals surface area contributed by atoms with Gasteiger partial charge in [-0.05, 0) is 34.5 Å². The van der Waals surface area contributed by atoms with Crippen LogP contribution < -0.4 is 11.3 Å². The Balaban J connectivity index is 2.52. The number of aryl methyl sites for hydroxylation is 2. The lowest BCUT2D eigenvalue weighted by atomic mass is 10.0. The molecule has 0 aliphatic rings. The summed E-state index contributed by atoms with van der Waals surface area (Å²) in [7, 11) is 1.82. The molecule has 0 amide bonds. The molecule has 0 aliphatic heterocycles. The smallest absolute Gasteiger partial charge is 0.153 e. The summed E-state index contributed by atoms with van der Waals surface area (Å²) in [6.45, 7) is 1.94. The van der Waals surface area contributed by atoms with Gasteiger partial charge in [0, 0.05) is 18.9 Å². The lowest BCUT2D eigenvalue weighted by Crippen LogP contribution is -2.31.